The van der Waals surface area contributed by atoms with E-state index in [1.54, 1.807) is 30.3 Å². The fraction of sp³-hybridized carbons (Fsp3) is 0.125. The van der Waals surface area contributed by atoms with Crippen molar-refractivity contribution >= 4 is 79.7 Å². The quantitative estimate of drug-likeness (QED) is 0.332. The third-order valence-electron chi connectivity index (χ3n) is 3.04. The van der Waals surface area contributed by atoms with Crippen molar-refractivity contribution in [3.8, 4) is 0 Å². The molecule has 1 atom stereocenters. The molecule has 0 aromatic heterocycles. The molecule has 0 spiro atoms. The van der Waals surface area contributed by atoms with Gasteiger partial charge in [-0.05, 0) is 52.4 Å². The minimum Gasteiger partial charge on any atom is -0.339 e. The van der Waals surface area contributed by atoms with Crippen molar-refractivity contribution in [2.24, 2.45) is 0 Å². The molecule has 9 heteroatoms. The molecular formula is C16H13BrCl3N3OS. The molecule has 0 unspecified atom stereocenters. The van der Waals surface area contributed by atoms with Crippen LogP contribution in [0.25, 0.3) is 0 Å². The average molecular weight is 482 g/mol. The van der Waals surface area contributed by atoms with E-state index in [1.165, 1.54) is 0 Å². The number of amides is 1. The number of hydrogen-bond donors (Lipinski definition) is 3. The van der Waals surface area contributed by atoms with Gasteiger partial charge in [0.05, 0.1) is 5.69 Å². The van der Waals surface area contributed by atoms with Crippen LogP contribution in [0.3, 0.4) is 0 Å². The van der Waals surface area contributed by atoms with E-state index in [4.69, 9.17) is 47.0 Å². The molecule has 4 nitrogen and oxygen atoms in total. The maximum Gasteiger partial charge on any atom is 0.252 e. The molecule has 1 amide bonds. The molecule has 3 N–H and O–H groups in total. The molecule has 0 aliphatic heterocycles. The largest absolute Gasteiger partial charge is 0.339 e. The molecule has 132 valence electrons. The third kappa shape index (κ3) is 6.31. The van der Waals surface area contributed by atoms with Crippen LogP contribution in [0, 0.1) is 0 Å². The summed E-state index contributed by atoms with van der Waals surface area (Å²) < 4.78 is -0.998. The van der Waals surface area contributed by atoms with Crippen LogP contribution in [0.4, 0.5) is 5.69 Å². The number of anilines is 1. The summed E-state index contributed by atoms with van der Waals surface area (Å²) in [6.45, 7) is 0. The van der Waals surface area contributed by atoms with Crippen LogP contribution < -0.4 is 16.0 Å². The van der Waals surface area contributed by atoms with Crippen LogP contribution in [0.2, 0.25) is 0 Å². The van der Waals surface area contributed by atoms with Crippen LogP contribution in [-0.4, -0.2) is 21.0 Å². The van der Waals surface area contributed by atoms with Gasteiger partial charge in [0.15, 0.2) is 5.11 Å². The van der Waals surface area contributed by atoms with Gasteiger partial charge in [-0.2, -0.15) is 0 Å². The predicted molar refractivity (Wildman–Crippen MR) is 111 cm³/mol. The topological polar surface area (TPSA) is 53.2 Å². The number of halogens is 4. The molecule has 0 radical (unpaired) electrons. The fourth-order valence-electron chi connectivity index (χ4n) is 1.86. The summed E-state index contributed by atoms with van der Waals surface area (Å²) in [7, 11) is 0. The summed E-state index contributed by atoms with van der Waals surface area (Å²) in [5, 5.41) is 8.59. The number of nitrogens with one attached hydrogen (secondary N) is 3. The lowest BCUT2D eigenvalue weighted by molar-refractivity contribution is 0.0934. The van der Waals surface area contributed by atoms with Gasteiger partial charge >= 0.3 is 0 Å². The molecule has 0 bridgehead atoms. The molecule has 0 fully saturated rings. The highest BCUT2D eigenvalue weighted by atomic mass is 79.9. The highest BCUT2D eigenvalue weighted by Crippen LogP contribution is 2.29. The summed E-state index contributed by atoms with van der Waals surface area (Å²) in [5.74, 6) is -0.395. The molecule has 25 heavy (non-hydrogen) atoms. The Morgan fingerprint density at radius 1 is 1.00 bits per heavy atom. The van der Waals surface area contributed by atoms with Crippen LogP contribution in [0.15, 0.2) is 59.1 Å². The van der Waals surface area contributed by atoms with E-state index in [0.717, 1.165) is 10.2 Å². The van der Waals surface area contributed by atoms with Gasteiger partial charge in [-0.3, -0.25) is 4.79 Å². The third-order valence-corrected chi connectivity index (χ3v) is 4.60. The Labute approximate surface area is 174 Å². The number of rotatable bonds is 4. The van der Waals surface area contributed by atoms with E-state index < -0.39 is 15.9 Å². The SMILES string of the molecule is O=C(N[C@@H](NC(=S)Nc1ccccc1Br)C(Cl)(Cl)Cl)c1ccccc1. The standard InChI is InChI=1S/C16H13BrCl3N3OS/c17-11-8-4-5-9-12(11)21-15(25)23-14(16(18,19)20)22-13(24)10-6-2-1-3-7-10/h1-9,14H,(H,22,24)(H2,21,23,25)/t14-/m0/s1. The highest BCUT2D eigenvalue weighted by molar-refractivity contribution is 9.10. The Morgan fingerprint density at radius 2 is 1.60 bits per heavy atom. The van der Waals surface area contributed by atoms with E-state index >= 15 is 0 Å². The van der Waals surface area contributed by atoms with Gasteiger partial charge < -0.3 is 16.0 Å². The number of hydrogen-bond acceptors (Lipinski definition) is 2. The summed E-state index contributed by atoms with van der Waals surface area (Å²) in [4.78, 5) is 12.3. The number of alkyl halides is 3. The van der Waals surface area contributed by atoms with Crippen LogP contribution in [0.1, 0.15) is 10.4 Å². The van der Waals surface area contributed by atoms with Gasteiger partial charge in [0.25, 0.3) is 5.91 Å². The predicted octanol–water partition coefficient (Wildman–Crippen LogP) is 4.86. The number of para-hydroxylation sites is 1. The van der Waals surface area contributed by atoms with Crippen molar-refractivity contribution in [2.45, 2.75) is 9.96 Å². The number of thiocarbonyl (C=S) groups is 1. The minimum atomic E-state index is -1.82. The van der Waals surface area contributed by atoms with Crippen molar-refractivity contribution in [3.63, 3.8) is 0 Å². The van der Waals surface area contributed by atoms with Gasteiger partial charge in [-0.25, -0.2) is 0 Å². The Hall–Kier alpha value is -1.05. The van der Waals surface area contributed by atoms with Crippen molar-refractivity contribution in [2.75, 3.05) is 5.32 Å². The molecular weight excluding hydrogens is 469 g/mol. The Bertz CT molecular complexity index is 756. The van der Waals surface area contributed by atoms with Gasteiger partial charge in [-0.1, -0.05) is 65.1 Å². The van der Waals surface area contributed by atoms with Crippen molar-refractivity contribution in [3.05, 3.63) is 64.6 Å². The first-order valence-corrected chi connectivity index (χ1v) is 9.35. The first kappa shape index (κ1) is 20.3. The fourth-order valence-corrected chi connectivity index (χ4v) is 2.79. The normalized spacial score (nSPS) is 12.2. The van der Waals surface area contributed by atoms with E-state index in [2.05, 4.69) is 31.9 Å². The Balaban J connectivity index is 2.06. The summed E-state index contributed by atoms with van der Waals surface area (Å²) >= 11 is 26.5. The molecule has 0 saturated heterocycles. The summed E-state index contributed by atoms with van der Waals surface area (Å²) in [5.41, 5.74) is 1.17. The summed E-state index contributed by atoms with van der Waals surface area (Å²) in [6, 6.07) is 16.0. The van der Waals surface area contributed by atoms with E-state index in [9.17, 15) is 4.79 Å². The zero-order valence-electron chi connectivity index (χ0n) is 12.6. The van der Waals surface area contributed by atoms with Crippen LogP contribution in [-0.2, 0) is 0 Å². The number of carbonyl (C=O) groups excluding carboxylic acids is 1. The molecule has 0 heterocycles. The van der Waals surface area contributed by atoms with E-state index in [-0.39, 0.29) is 5.11 Å². The lowest BCUT2D eigenvalue weighted by Gasteiger charge is -2.28. The monoisotopic (exact) mass is 479 g/mol. The van der Waals surface area contributed by atoms with Gasteiger partial charge in [-0.15, -0.1) is 0 Å². The molecule has 2 rings (SSSR count). The maximum absolute atomic E-state index is 12.3. The minimum absolute atomic E-state index is 0.191. The van der Waals surface area contributed by atoms with Crippen molar-refractivity contribution < 1.29 is 4.79 Å². The zero-order chi connectivity index (χ0) is 18.4. The lowest BCUT2D eigenvalue weighted by atomic mass is 10.2. The maximum atomic E-state index is 12.3. The lowest BCUT2D eigenvalue weighted by Crippen LogP contribution is -2.56. The van der Waals surface area contributed by atoms with Crippen molar-refractivity contribution in [1.29, 1.82) is 0 Å². The number of benzene rings is 2. The van der Waals surface area contributed by atoms with E-state index in [0.29, 0.717) is 5.56 Å². The molecule has 0 aliphatic rings. The second-order valence-corrected chi connectivity index (χ2v) is 8.52. The van der Waals surface area contributed by atoms with Crippen LogP contribution >= 0.6 is 63.0 Å². The molecule has 2 aromatic carbocycles. The summed E-state index contributed by atoms with van der Waals surface area (Å²) in [6.07, 6.45) is -1.03. The second kappa shape index (κ2) is 9.05. The van der Waals surface area contributed by atoms with Gasteiger partial charge in [0.2, 0.25) is 3.79 Å². The Morgan fingerprint density at radius 3 is 2.20 bits per heavy atom. The average Bonchev–Trinajstić information content (AvgIpc) is 2.56. The Kier molecular flexibility index (Phi) is 7.34. The van der Waals surface area contributed by atoms with Gasteiger partial charge in [0.1, 0.15) is 6.17 Å². The smallest absolute Gasteiger partial charge is 0.252 e. The van der Waals surface area contributed by atoms with E-state index in [1.807, 2.05) is 24.3 Å². The van der Waals surface area contributed by atoms with Gasteiger partial charge in [0, 0.05) is 10.0 Å². The van der Waals surface area contributed by atoms with Crippen LogP contribution in [0.5, 0.6) is 0 Å². The molecule has 2 aromatic rings. The molecule has 0 saturated carbocycles. The first-order chi connectivity index (χ1) is 11.8. The number of carbonyl (C=O) groups is 1. The second-order valence-electron chi connectivity index (χ2n) is 4.89. The van der Waals surface area contributed by atoms with Crippen molar-refractivity contribution in [1.82, 2.24) is 10.6 Å². The highest BCUT2D eigenvalue weighted by Gasteiger charge is 2.34. The zero-order valence-corrected chi connectivity index (χ0v) is 17.3. The first-order valence-electron chi connectivity index (χ1n) is 7.02. The molecule has 0 aliphatic carbocycles.